The lowest BCUT2D eigenvalue weighted by Gasteiger charge is -2.39. The average molecular weight is 373 g/mol. The summed E-state index contributed by atoms with van der Waals surface area (Å²) in [7, 11) is 1.65. The van der Waals surface area contributed by atoms with Gasteiger partial charge in [-0.3, -0.25) is 4.79 Å². The fourth-order valence-electron chi connectivity index (χ4n) is 3.93. The maximum Gasteiger partial charge on any atom is 0.274 e. The number of carbonyl (C=O) groups is 1. The Bertz CT molecular complexity index is 984. The number of para-hydroxylation sites is 1. The number of rotatable bonds is 5. The zero-order chi connectivity index (χ0) is 19.1. The lowest BCUT2D eigenvalue weighted by atomic mass is 9.94. The van der Waals surface area contributed by atoms with Gasteiger partial charge in [0, 0.05) is 18.7 Å². The molecule has 1 amide bonds. The SMILES string of the molecule is COc1ccc(-c2cc(C(=O)N3CC(C4CC4)C3)nn2-c2ccccc2)cc1. The second-order valence-corrected chi connectivity index (χ2v) is 7.70. The summed E-state index contributed by atoms with van der Waals surface area (Å²) in [5.74, 6) is 2.38. The van der Waals surface area contributed by atoms with Gasteiger partial charge in [-0.2, -0.15) is 5.10 Å². The van der Waals surface area contributed by atoms with Gasteiger partial charge in [-0.05, 0) is 67.1 Å². The van der Waals surface area contributed by atoms with Crippen molar-refractivity contribution in [2.75, 3.05) is 20.2 Å². The zero-order valence-electron chi connectivity index (χ0n) is 15.9. The number of ether oxygens (including phenoxy) is 1. The smallest absolute Gasteiger partial charge is 0.274 e. The van der Waals surface area contributed by atoms with Gasteiger partial charge in [0.25, 0.3) is 5.91 Å². The van der Waals surface area contributed by atoms with E-state index in [2.05, 4.69) is 5.10 Å². The van der Waals surface area contributed by atoms with Crippen molar-refractivity contribution in [1.82, 2.24) is 14.7 Å². The molecule has 0 bridgehead atoms. The first kappa shape index (κ1) is 17.0. The highest BCUT2D eigenvalue weighted by molar-refractivity contribution is 5.94. The van der Waals surface area contributed by atoms with Crippen LogP contribution >= 0.6 is 0 Å². The van der Waals surface area contributed by atoms with Crippen molar-refractivity contribution < 1.29 is 9.53 Å². The highest BCUT2D eigenvalue weighted by Crippen LogP contribution is 2.41. The van der Waals surface area contributed by atoms with Crippen LogP contribution in [0, 0.1) is 11.8 Å². The number of amides is 1. The molecule has 5 rings (SSSR count). The topological polar surface area (TPSA) is 47.4 Å². The van der Waals surface area contributed by atoms with Crippen LogP contribution in [-0.4, -0.2) is 40.8 Å². The van der Waals surface area contributed by atoms with Gasteiger partial charge in [-0.15, -0.1) is 0 Å². The predicted octanol–water partition coefficient (Wildman–Crippen LogP) is 4.03. The number of hydrogen-bond donors (Lipinski definition) is 0. The Labute approximate surface area is 164 Å². The summed E-state index contributed by atoms with van der Waals surface area (Å²) >= 11 is 0. The summed E-state index contributed by atoms with van der Waals surface area (Å²) in [4.78, 5) is 14.9. The van der Waals surface area contributed by atoms with E-state index >= 15 is 0 Å². The molecule has 2 heterocycles. The largest absolute Gasteiger partial charge is 0.497 e. The van der Waals surface area contributed by atoms with Gasteiger partial charge < -0.3 is 9.64 Å². The summed E-state index contributed by atoms with van der Waals surface area (Å²) in [6, 6.07) is 19.7. The number of nitrogens with zero attached hydrogens (tertiary/aromatic N) is 3. The van der Waals surface area contributed by atoms with E-state index in [0.717, 1.165) is 41.7 Å². The molecule has 1 aliphatic heterocycles. The Kier molecular flexibility index (Phi) is 4.15. The molecule has 0 spiro atoms. The molecule has 2 fully saturated rings. The summed E-state index contributed by atoms with van der Waals surface area (Å²) in [5, 5.41) is 4.68. The number of methoxy groups -OCH3 is 1. The molecular formula is C23H23N3O2. The molecule has 5 nitrogen and oxygen atoms in total. The van der Waals surface area contributed by atoms with E-state index in [1.807, 2.05) is 70.2 Å². The molecule has 142 valence electrons. The highest BCUT2D eigenvalue weighted by Gasteiger charge is 2.41. The molecule has 0 atom stereocenters. The average Bonchev–Trinajstić information content (AvgIpc) is 3.44. The zero-order valence-corrected chi connectivity index (χ0v) is 15.9. The quantitative estimate of drug-likeness (QED) is 0.678. The number of aromatic nitrogens is 2. The van der Waals surface area contributed by atoms with Crippen LogP contribution in [0.1, 0.15) is 23.3 Å². The van der Waals surface area contributed by atoms with Crippen LogP contribution in [0.5, 0.6) is 5.75 Å². The van der Waals surface area contributed by atoms with E-state index in [1.54, 1.807) is 7.11 Å². The lowest BCUT2D eigenvalue weighted by Crippen LogP contribution is -2.50. The van der Waals surface area contributed by atoms with Gasteiger partial charge >= 0.3 is 0 Å². The molecule has 1 aliphatic carbocycles. The van der Waals surface area contributed by atoms with Crippen LogP contribution in [0.4, 0.5) is 0 Å². The Morgan fingerprint density at radius 1 is 1.00 bits per heavy atom. The van der Waals surface area contributed by atoms with Crippen molar-refractivity contribution in [1.29, 1.82) is 0 Å². The Morgan fingerprint density at radius 3 is 2.36 bits per heavy atom. The molecule has 0 unspecified atom stereocenters. The van der Waals surface area contributed by atoms with Crippen LogP contribution in [0.15, 0.2) is 60.7 Å². The molecule has 1 aromatic heterocycles. The Morgan fingerprint density at radius 2 is 1.71 bits per heavy atom. The first-order valence-corrected chi connectivity index (χ1v) is 9.82. The molecule has 1 saturated heterocycles. The molecule has 1 saturated carbocycles. The summed E-state index contributed by atoms with van der Waals surface area (Å²) in [6.45, 7) is 1.75. The van der Waals surface area contributed by atoms with Crippen LogP contribution in [-0.2, 0) is 0 Å². The normalized spacial score (nSPS) is 16.7. The van der Waals surface area contributed by atoms with Crippen molar-refractivity contribution in [2.24, 2.45) is 11.8 Å². The van der Waals surface area contributed by atoms with Crippen LogP contribution in [0.25, 0.3) is 16.9 Å². The van der Waals surface area contributed by atoms with E-state index in [9.17, 15) is 4.79 Å². The standard InChI is InChI=1S/C23H23N3O2/c1-28-20-11-9-17(10-12-20)22-13-21(24-26(22)19-5-3-2-4-6-19)23(27)25-14-18(15-25)16-7-8-16/h2-6,9-13,16,18H,7-8,14-15H2,1H3. The van der Waals surface area contributed by atoms with Gasteiger partial charge in [0.15, 0.2) is 5.69 Å². The molecule has 5 heteroatoms. The van der Waals surface area contributed by atoms with Crippen molar-refractivity contribution >= 4 is 5.91 Å². The number of likely N-dealkylation sites (tertiary alicyclic amines) is 1. The third-order valence-corrected chi connectivity index (χ3v) is 5.80. The van der Waals surface area contributed by atoms with Crippen molar-refractivity contribution in [3.63, 3.8) is 0 Å². The summed E-state index contributed by atoms with van der Waals surface area (Å²) in [6.07, 6.45) is 2.66. The van der Waals surface area contributed by atoms with E-state index in [0.29, 0.717) is 11.6 Å². The molecule has 3 aromatic rings. The molecule has 2 aromatic carbocycles. The monoisotopic (exact) mass is 373 g/mol. The fraction of sp³-hybridized carbons (Fsp3) is 0.304. The fourth-order valence-corrected chi connectivity index (χ4v) is 3.93. The third kappa shape index (κ3) is 3.07. The minimum atomic E-state index is 0.0290. The van der Waals surface area contributed by atoms with Gasteiger partial charge in [-0.1, -0.05) is 18.2 Å². The van der Waals surface area contributed by atoms with Gasteiger partial charge in [0.05, 0.1) is 18.5 Å². The number of hydrogen-bond acceptors (Lipinski definition) is 3. The van der Waals surface area contributed by atoms with Crippen molar-refractivity contribution in [3.8, 4) is 22.7 Å². The summed E-state index contributed by atoms with van der Waals surface area (Å²) in [5.41, 5.74) is 3.34. The predicted molar refractivity (Wildman–Crippen MR) is 108 cm³/mol. The number of benzene rings is 2. The number of carbonyl (C=O) groups excluding carboxylic acids is 1. The van der Waals surface area contributed by atoms with Crippen LogP contribution < -0.4 is 4.74 Å². The first-order valence-electron chi connectivity index (χ1n) is 9.82. The highest BCUT2D eigenvalue weighted by atomic mass is 16.5. The van der Waals surface area contributed by atoms with Gasteiger partial charge in [0.1, 0.15) is 5.75 Å². The van der Waals surface area contributed by atoms with Crippen LogP contribution in [0.2, 0.25) is 0 Å². The minimum Gasteiger partial charge on any atom is -0.497 e. The van der Waals surface area contributed by atoms with Gasteiger partial charge in [-0.25, -0.2) is 4.68 Å². The van der Waals surface area contributed by atoms with E-state index in [-0.39, 0.29) is 5.91 Å². The van der Waals surface area contributed by atoms with Gasteiger partial charge in [0.2, 0.25) is 0 Å². The molecule has 2 aliphatic rings. The summed E-state index contributed by atoms with van der Waals surface area (Å²) < 4.78 is 7.12. The molecule has 0 N–H and O–H groups in total. The van der Waals surface area contributed by atoms with Crippen molar-refractivity contribution in [3.05, 3.63) is 66.4 Å². The van der Waals surface area contributed by atoms with Crippen LogP contribution in [0.3, 0.4) is 0 Å². The first-order chi connectivity index (χ1) is 13.7. The molecular weight excluding hydrogens is 350 g/mol. The maximum atomic E-state index is 13.0. The maximum absolute atomic E-state index is 13.0. The van der Waals surface area contributed by atoms with E-state index in [4.69, 9.17) is 4.74 Å². The Balaban J connectivity index is 1.48. The second kappa shape index (κ2) is 6.82. The molecule has 28 heavy (non-hydrogen) atoms. The third-order valence-electron chi connectivity index (χ3n) is 5.80. The minimum absolute atomic E-state index is 0.0290. The second-order valence-electron chi connectivity index (χ2n) is 7.70. The van der Waals surface area contributed by atoms with E-state index < -0.39 is 0 Å². The van der Waals surface area contributed by atoms with E-state index in [1.165, 1.54) is 12.8 Å². The molecule has 0 radical (unpaired) electrons. The van der Waals surface area contributed by atoms with Crippen molar-refractivity contribution in [2.45, 2.75) is 12.8 Å². The Hall–Kier alpha value is -3.08. The lowest BCUT2D eigenvalue weighted by molar-refractivity contribution is 0.0453.